The second-order valence-corrected chi connectivity index (χ2v) is 8.51. The van der Waals surface area contributed by atoms with Crippen molar-refractivity contribution in [2.45, 2.75) is 77.0 Å². The molecule has 2 fully saturated rings. The predicted octanol–water partition coefficient (Wildman–Crippen LogP) is 4.15. The maximum Gasteiger partial charge on any atom is 0.326 e. The highest BCUT2D eigenvalue weighted by Gasteiger charge is 2.30. The van der Waals surface area contributed by atoms with Gasteiger partial charge in [0, 0.05) is 31.8 Å². The van der Waals surface area contributed by atoms with Crippen molar-refractivity contribution in [2.75, 3.05) is 19.7 Å². The van der Waals surface area contributed by atoms with Gasteiger partial charge in [-0.05, 0) is 69.6 Å². The molecule has 4 rings (SSSR count). The Morgan fingerprint density at radius 2 is 1.82 bits per heavy atom. The first kappa shape index (κ1) is 19.6. The van der Waals surface area contributed by atoms with Crippen molar-refractivity contribution in [1.82, 2.24) is 14.5 Å². The van der Waals surface area contributed by atoms with E-state index in [2.05, 4.69) is 16.8 Å². The lowest BCUT2D eigenvalue weighted by Gasteiger charge is -2.41. The van der Waals surface area contributed by atoms with Gasteiger partial charge < -0.3 is 14.6 Å². The van der Waals surface area contributed by atoms with Crippen molar-refractivity contribution in [3.05, 3.63) is 34.0 Å². The highest BCUT2D eigenvalue weighted by atomic mass is 19.1. The minimum Gasteiger partial charge on any atom is -0.378 e. The van der Waals surface area contributed by atoms with E-state index >= 15 is 0 Å². The first-order valence-corrected chi connectivity index (χ1v) is 10.8. The highest BCUT2D eigenvalue weighted by molar-refractivity contribution is 5.77. The van der Waals surface area contributed by atoms with Crippen LogP contribution in [0.25, 0.3) is 11.0 Å². The molecule has 0 amide bonds. The third kappa shape index (κ3) is 3.90. The van der Waals surface area contributed by atoms with Crippen LogP contribution >= 0.6 is 0 Å². The van der Waals surface area contributed by atoms with Crippen molar-refractivity contribution in [3.8, 4) is 0 Å². The zero-order valence-electron chi connectivity index (χ0n) is 17.0. The Bertz CT molecular complexity index is 859. The van der Waals surface area contributed by atoms with E-state index in [9.17, 15) is 9.18 Å². The number of nitrogens with one attached hydrogen (secondary N) is 1. The SMILES string of the molecule is CCCOC1CCC(N2CCC(n3c(=O)[nH]c4c(F)cc(C)cc43)CC2)CC1. The third-order valence-electron chi connectivity index (χ3n) is 6.51. The lowest BCUT2D eigenvalue weighted by Crippen LogP contribution is -2.45. The number of fused-ring (bicyclic) bond motifs is 1. The van der Waals surface area contributed by atoms with Crippen molar-refractivity contribution in [2.24, 2.45) is 0 Å². The summed E-state index contributed by atoms with van der Waals surface area (Å²) in [6.45, 7) is 6.91. The minimum atomic E-state index is -0.342. The zero-order valence-corrected chi connectivity index (χ0v) is 17.0. The van der Waals surface area contributed by atoms with Gasteiger partial charge in [-0.2, -0.15) is 0 Å². The molecule has 2 heterocycles. The van der Waals surface area contributed by atoms with Gasteiger partial charge in [-0.1, -0.05) is 6.92 Å². The molecule has 1 saturated heterocycles. The van der Waals surface area contributed by atoms with Crippen LogP contribution in [-0.2, 0) is 4.74 Å². The van der Waals surface area contributed by atoms with Crippen molar-refractivity contribution >= 4 is 11.0 Å². The molecule has 2 aliphatic rings. The number of rotatable bonds is 5. The smallest absolute Gasteiger partial charge is 0.326 e. The van der Waals surface area contributed by atoms with E-state index in [1.807, 2.05) is 13.0 Å². The summed E-state index contributed by atoms with van der Waals surface area (Å²) in [7, 11) is 0. The molecule has 1 aliphatic heterocycles. The molecule has 28 heavy (non-hydrogen) atoms. The Morgan fingerprint density at radius 1 is 1.11 bits per heavy atom. The zero-order chi connectivity index (χ0) is 19.7. The number of hydrogen-bond donors (Lipinski definition) is 1. The fourth-order valence-electron chi connectivity index (χ4n) is 5.05. The van der Waals surface area contributed by atoms with Gasteiger partial charge in [0.25, 0.3) is 0 Å². The number of aryl methyl sites for hydroxylation is 1. The number of aromatic nitrogens is 2. The van der Waals surface area contributed by atoms with Gasteiger partial charge in [-0.3, -0.25) is 4.57 Å². The molecule has 0 bridgehead atoms. The maximum absolute atomic E-state index is 14.2. The monoisotopic (exact) mass is 389 g/mol. The molecule has 1 N–H and O–H groups in total. The van der Waals surface area contributed by atoms with Crippen LogP contribution in [-0.4, -0.2) is 46.3 Å². The molecule has 1 aromatic carbocycles. The number of halogens is 1. The van der Waals surface area contributed by atoms with Crippen molar-refractivity contribution < 1.29 is 9.13 Å². The average molecular weight is 390 g/mol. The summed E-state index contributed by atoms with van der Waals surface area (Å²) in [6.07, 6.45) is 8.13. The van der Waals surface area contributed by atoms with E-state index in [1.54, 1.807) is 4.57 Å². The van der Waals surface area contributed by atoms with Crippen molar-refractivity contribution in [3.63, 3.8) is 0 Å². The van der Waals surface area contributed by atoms with E-state index in [-0.39, 0.29) is 17.5 Å². The van der Waals surface area contributed by atoms with E-state index in [0.717, 1.165) is 57.4 Å². The lowest BCUT2D eigenvalue weighted by molar-refractivity contribution is 0.00254. The van der Waals surface area contributed by atoms with Gasteiger partial charge in [0.15, 0.2) is 0 Å². The number of hydrogen-bond acceptors (Lipinski definition) is 3. The molecule has 1 aromatic heterocycles. The summed E-state index contributed by atoms with van der Waals surface area (Å²) < 4.78 is 21.9. The number of H-pyrrole nitrogens is 1. The quantitative estimate of drug-likeness (QED) is 0.836. The molecule has 0 spiro atoms. The van der Waals surface area contributed by atoms with Gasteiger partial charge >= 0.3 is 5.69 Å². The summed E-state index contributed by atoms with van der Waals surface area (Å²) >= 11 is 0. The Hall–Kier alpha value is -1.66. The highest BCUT2D eigenvalue weighted by Crippen LogP contribution is 2.31. The molecule has 5 nitrogen and oxygen atoms in total. The molecule has 0 atom stereocenters. The number of aromatic amines is 1. The molecule has 2 aromatic rings. The average Bonchev–Trinajstić information content (AvgIpc) is 3.03. The Balaban J connectivity index is 1.40. The topological polar surface area (TPSA) is 50.3 Å². The molecule has 0 unspecified atom stereocenters. The van der Waals surface area contributed by atoms with Crippen LogP contribution < -0.4 is 5.69 Å². The number of nitrogens with zero attached hydrogens (tertiary/aromatic N) is 2. The number of imidazole rings is 1. The first-order valence-electron chi connectivity index (χ1n) is 10.8. The summed E-state index contributed by atoms with van der Waals surface area (Å²) in [6, 6.07) is 4.18. The van der Waals surface area contributed by atoms with Gasteiger partial charge in [0.2, 0.25) is 0 Å². The molecule has 1 saturated carbocycles. The maximum atomic E-state index is 14.2. The summed E-state index contributed by atoms with van der Waals surface area (Å²) in [5, 5.41) is 0. The third-order valence-corrected chi connectivity index (χ3v) is 6.51. The summed E-state index contributed by atoms with van der Waals surface area (Å²) in [4.78, 5) is 17.8. The van der Waals surface area contributed by atoms with Gasteiger partial charge in [-0.15, -0.1) is 0 Å². The number of likely N-dealkylation sites (tertiary alicyclic amines) is 1. The van der Waals surface area contributed by atoms with Gasteiger partial charge in [0.1, 0.15) is 11.3 Å². The van der Waals surface area contributed by atoms with E-state index in [0.29, 0.717) is 23.2 Å². The predicted molar refractivity (Wildman–Crippen MR) is 109 cm³/mol. The normalized spacial score (nSPS) is 24.8. The fourth-order valence-corrected chi connectivity index (χ4v) is 5.05. The number of ether oxygens (including phenoxy) is 1. The molecule has 154 valence electrons. The van der Waals surface area contributed by atoms with Crippen molar-refractivity contribution in [1.29, 1.82) is 0 Å². The van der Waals surface area contributed by atoms with Crippen LogP contribution in [0.1, 0.15) is 63.5 Å². The Morgan fingerprint density at radius 3 is 2.50 bits per heavy atom. The fraction of sp³-hybridized carbons (Fsp3) is 0.682. The number of benzene rings is 1. The molecular weight excluding hydrogens is 357 g/mol. The van der Waals surface area contributed by atoms with E-state index in [4.69, 9.17) is 4.74 Å². The minimum absolute atomic E-state index is 0.142. The molecular formula is C22H32FN3O2. The second-order valence-electron chi connectivity index (χ2n) is 8.51. The lowest BCUT2D eigenvalue weighted by atomic mass is 9.90. The van der Waals surface area contributed by atoms with Gasteiger partial charge in [0.05, 0.1) is 11.6 Å². The standard InChI is InChI=1S/C22H32FN3O2/c1-3-12-28-18-6-4-16(5-7-18)25-10-8-17(9-11-25)26-20-14-15(2)13-19(23)21(20)24-22(26)27/h13-14,16-18H,3-12H2,1-2H3,(H,24,27). The van der Waals surface area contributed by atoms with Gasteiger partial charge in [-0.25, -0.2) is 9.18 Å². The molecule has 0 radical (unpaired) electrons. The largest absolute Gasteiger partial charge is 0.378 e. The summed E-state index contributed by atoms with van der Waals surface area (Å²) in [5.74, 6) is -0.342. The molecule has 6 heteroatoms. The Kier molecular flexibility index (Phi) is 5.88. The van der Waals surface area contributed by atoms with Crippen LogP contribution in [0.15, 0.2) is 16.9 Å². The Labute approximate surface area is 165 Å². The first-order chi connectivity index (χ1) is 13.6. The summed E-state index contributed by atoms with van der Waals surface area (Å²) in [5.41, 5.74) is 1.70. The van der Waals surface area contributed by atoms with Crippen LogP contribution in [0.5, 0.6) is 0 Å². The molecule has 1 aliphatic carbocycles. The second kappa shape index (κ2) is 8.37. The van der Waals surface area contributed by atoms with Crippen LogP contribution in [0.2, 0.25) is 0 Å². The van der Waals surface area contributed by atoms with Crippen LogP contribution in [0, 0.1) is 12.7 Å². The van der Waals surface area contributed by atoms with Crippen LogP contribution in [0.3, 0.4) is 0 Å². The van der Waals surface area contributed by atoms with E-state index < -0.39 is 0 Å². The number of piperidine rings is 1. The van der Waals surface area contributed by atoms with E-state index in [1.165, 1.54) is 18.9 Å². The van der Waals surface area contributed by atoms with Crippen LogP contribution in [0.4, 0.5) is 4.39 Å².